The minimum absolute atomic E-state index is 1.12. The highest BCUT2D eigenvalue weighted by molar-refractivity contribution is 6.89. The van der Waals surface area contributed by atoms with Crippen LogP contribution in [-0.2, 0) is 0 Å². The van der Waals surface area contributed by atoms with E-state index < -0.39 is 16.1 Å². The molecule has 0 aromatic heterocycles. The highest BCUT2D eigenvalue weighted by Gasteiger charge is 2.32. The summed E-state index contributed by atoms with van der Waals surface area (Å²) in [5.41, 5.74) is 3.28. The summed E-state index contributed by atoms with van der Waals surface area (Å²) in [6, 6.07) is 0. The number of hydrogen-bond donors (Lipinski definition) is 0. The lowest BCUT2D eigenvalue weighted by atomic mass is 9.99. The highest BCUT2D eigenvalue weighted by Crippen LogP contribution is 2.38. The molecule has 1 aliphatic carbocycles. The summed E-state index contributed by atoms with van der Waals surface area (Å²) >= 11 is 0. The van der Waals surface area contributed by atoms with Gasteiger partial charge in [0.05, 0.1) is 16.1 Å². The Hall–Kier alpha value is -0.0862. The minimum atomic E-state index is -1.12. The van der Waals surface area contributed by atoms with E-state index in [1.807, 2.05) is 10.4 Å². The average molecular weight is 253 g/mol. The highest BCUT2D eigenvalue weighted by atomic mass is 28.3. The lowest BCUT2D eigenvalue weighted by Crippen LogP contribution is -2.35. The van der Waals surface area contributed by atoms with E-state index in [9.17, 15) is 0 Å². The van der Waals surface area contributed by atoms with Crippen LogP contribution in [0.3, 0.4) is 0 Å². The van der Waals surface area contributed by atoms with Gasteiger partial charge in [0.2, 0.25) is 0 Å². The first-order valence-corrected chi connectivity index (χ1v) is 13.4. The molecule has 0 amide bonds. The maximum Gasteiger partial charge on any atom is 0.0723 e. The first kappa shape index (κ1) is 14.0. The Morgan fingerprint density at radius 1 is 0.625 bits per heavy atom. The van der Waals surface area contributed by atoms with Crippen molar-refractivity contribution in [1.29, 1.82) is 0 Å². The van der Waals surface area contributed by atoms with Gasteiger partial charge in [-0.3, -0.25) is 0 Å². The standard InChI is InChI=1S/C14H28Si2/c1-11-9-13(15(3,4)5)14(10-12(11)2)16(6,7)8/h9-10H2,1-8H3. The Labute approximate surface area is 104 Å². The van der Waals surface area contributed by atoms with Gasteiger partial charge in [-0.25, -0.2) is 0 Å². The van der Waals surface area contributed by atoms with Crippen LogP contribution in [-0.4, -0.2) is 16.1 Å². The monoisotopic (exact) mass is 252 g/mol. The summed E-state index contributed by atoms with van der Waals surface area (Å²) in [5.74, 6) is 0. The molecule has 1 aliphatic rings. The average Bonchev–Trinajstić information content (AvgIpc) is 2.05. The molecule has 0 N–H and O–H groups in total. The summed E-state index contributed by atoms with van der Waals surface area (Å²) in [5, 5.41) is 3.74. The zero-order chi connectivity index (χ0) is 12.7. The normalized spacial score (nSPS) is 19.5. The summed E-state index contributed by atoms with van der Waals surface area (Å²) in [6.45, 7) is 19.7. The molecule has 0 nitrogen and oxygen atoms in total. The van der Waals surface area contributed by atoms with Crippen LogP contribution in [0.25, 0.3) is 0 Å². The maximum atomic E-state index is 2.51. The second-order valence-electron chi connectivity index (χ2n) is 7.37. The van der Waals surface area contributed by atoms with Gasteiger partial charge >= 0.3 is 0 Å². The second kappa shape index (κ2) is 4.30. The zero-order valence-corrected chi connectivity index (χ0v) is 14.4. The van der Waals surface area contributed by atoms with Gasteiger partial charge in [0.15, 0.2) is 0 Å². The van der Waals surface area contributed by atoms with Crippen LogP contribution in [0.1, 0.15) is 26.7 Å². The van der Waals surface area contributed by atoms with Crippen molar-refractivity contribution in [2.75, 3.05) is 0 Å². The van der Waals surface area contributed by atoms with E-state index in [-0.39, 0.29) is 0 Å². The van der Waals surface area contributed by atoms with Gasteiger partial charge in [0, 0.05) is 0 Å². The maximum absolute atomic E-state index is 2.51. The van der Waals surface area contributed by atoms with Gasteiger partial charge < -0.3 is 0 Å². The van der Waals surface area contributed by atoms with Crippen LogP contribution in [0.5, 0.6) is 0 Å². The number of rotatable bonds is 2. The van der Waals surface area contributed by atoms with Crippen LogP contribution in [0.4, 0.5) is 0 Å². The van der Waals surface area contributed by atoms with Crippen LogP contribution in [0.2, 0.25) is 39.3 Å². The molecular formula is C14H28Si2. The molecule has 0 atom stereocenters. The van der Waals surface area contributed by atoms with E-state index in [4.69, 9.17) is 0 Å². The van der Waals surface area contributed by atoms with E-state index >= 15 is 0 Å². The molecule has 0 bridgehead atoms. The van der Waals surface area contributed by atoms with Crippen molar-refractivity contribution in [3.63, 3.8) is 0 Å². The molecule has 0 aliphatic heterocycles. The van der Waals surface area contributed by atoms with Crippen molar-refractivity contribution >= 4 is 16.1 Å². The molecule has 0 aromatic rings. The van der Waals surface area contributed by atoms with E-state index in [1.165, 1.54) is 12.8 Å². The van der Waals surface area contributed by atoms with Gasteiger partial charge in [-0.2, -0.15) is 0 Å². The Balaban J connectivity index is 3.24. The van der Waals surface area contributed by atoms with E-state index in [2.05, 4.69) is 53.1 Å². The summed E-state index contributed by atoms with van der Waals surface area (Å²) in [4.78, 5) is 0. The predicted octanol–water partition coefficient (Wildman–Crippen LogP) is 5.17. The van der Waals surface area contributed by atoms with Gasteiger partial charge in [0.25, 0.3) is 0 Å². The first-order valence-electron chi connectivity index (χ1n) is 6.41. The molecule has 0 saturated heterocycles. The fraction of sp³-hybridized carbons (Fsp3) is 0.714. The van der Waals surface area contributed by atoms with E-state index in [1.54, 1.807) is 11.1 Å². The molecule has 0 aromatic carbocycles. The van der Waals surface area contributed by atoms with Crippen molar-refractivity contribution in [3.8, 4) is 0 Å². The fourth-order valence-corrected chi connectivity index (χ4v) is 8.31. The molecule has 0 unspecified atom stereocenters. The van der Waals surface area contributed by atoms with E-state index in [0.29, 0.717) is 0 Å². The van der Waals surface area contributed by atoms with Crippen LogP contribution < -0.4 is 0 Å². The Kier molecular flexibility index (Phi) is 3.76. The second-order valence-corrected chi connectivity index (χ2v) is 17.6. The third-order valence-corrected chi connectivity index (χ3v) is 8.62. The zero-order valence-electron chi connectivity index (χ0n) is 12.4. The molecule has 1 rings (SSSR count). The smallest absolute Gasteiger partial charge is 0.0723 e. The Morgan fingerprint density at radius 2 is 0.875 bits per heavy atom. The van der Waals surface area contributed by atoms with Gasteiger partial charge in [-0.1, -0.05) is 60.8 Å². The number of hydrogen-bond acceptors (Lipinski definition) is 0. The molecule has 92 valence electrons. The third kappa shape index (κ3) is 2.98. The molecule has 16 heavy (non-hydrogen) atoms. The largest absolute Gasteiger partial charge is 0.0813 e. The van der Waals surface area contributed by atoms with Crippen molar-refractivity contribution in [2.45, 2.75) is 66.0 Å². The lowest BCUT2D eigenvalue weighted by molar-refractivity contribution is 0.981. The molecular weight excluding hydrogens is 224 g/mol. The minimum Gasteiger partial charge on any atom is -0.0813 e. The van der Waals surface area contributed by atoms with Crippen molar-refractivity contribution in [3.05, 3.63) is 21.5 Å². The molecule has 0 saturated carbocycles. The quantitative estimate of drug-likeness (QED) is 0.470. The molecule has 0 spiro atoms. The van der Waals surface area contributed by atoms with Crippen molar-refractivity contribution < 1.29 is 0 Å². The van der Waals surface area contributed by atoms with Crippen molar-refractivity contribution in [2.24, 2.45) is 0 Å². The van der Waals surface area contributed by atoms with Gasteiger partial charge in [-0.05, 0) is 26.7 Å². The predicted molar refractivity (Wildman–Crippen MR) is 81.3 cm³/mol. The number of allylic oxidation sites excluding steroid dienone is 4. The SMILES string of the molecule is CC1=C(C)CC([Si](C)(C)C)=C([Si](C)(C)C)C1. The van der Waals surface area contributed by atoms with Crippen molar-refractivity contribution in [1.82, 2.24) is 0 Å². The van der Waals surface area contributed by atoms with Crippen LogP contribution in [0.15, 0.2) is 21.5 Å². The first-order chi connectivity index (χ1) is 7.03. The van der Waals surface area contributed by atoms with Crippen LogP contribution >= 0.6 is 0 Å². The van der Waals surface area contributed by atoms with Gasteiger partial charge in [-0.15, -0.1) is 0 Å². The van der Waals surface area contributed by atoms with E-state index in [0.717, 1.165) is 0 Å². The van der Waals surface area contributed by atoms with Crippen LogP contribution in [0, 0.1) is 0 Å². The Bertz CT molecular complexity index is 312. The Morgan fingerprint density at radius 3 is 1.06 bits per heavy atom. The lowest BCUT2D eigenvalue weighted by Gasteiger charge is -2.36. The topological polar surface area (TPSA) is 0 Å². The molecule has 0 heterocycles. The fourth-order valence-electron chi connectivity index (χ4n) is 2.48. The summed E-state index contributed by atoms with van der Waals surface area (Å²) < 4.78 is 0. The molecule has 0 radical (unpaired) electrons. The molecule has 2 heteroatoms. The summed E-state index contributed by atoms with van der Waals surface area (Å²) in [6.07, 6.45) is 2.56. The summed E-state index contributed by atoms with van der Waals surface area (Å²) in [7, 11) is -2.24. The van der Waals surface area contributed by atoms with Gasteiger partial charge in [0.1, 0.15) is 0 Å². The third-order valence-electron chi connectivity index (χ3n) is 3.79. The molecule has 0 fully saturated rings.